The van der Waals surface area contributed by atoms with Crippen molar-refractivity contribution in [2.24, 2.45) is 5.73 Å². The van der Waals surface area contributed by atoms with Gasteiger partial charge in [-0.15, -0.1) is 0 Å². The first-order chi connectivity index (χ1) is 10.1. The summed E-state index contributed by atoms with van der Waals surface area (Å²) in [5.41, 5.74) is 7.28. The van der Waals surface area contributed by atoms with Gasteiger partial charge in [0.15, 0.2) is 0 Å². The van der Waals surface area contributed by atoms with E-state index in [1.54, 1.807) is 25.1 Å². The maximum atomic E-state index is 12.8. The number of nitrogens with zero attached hydrogens (tertiary/aromatic N) is 1. The fourth-order valence-corrected chi connectivity index (χ4v) is 3.87. The van der Waals surface area contributed by atoms with Gasteiger partial charge in [-0.05, 0) is 24.1 Å². The molecule has 0 unspecified atom stereocenters. The Bertz CT molecular complexity index is 684. The minimum Gasteiger partial charge on any atom is -0.329 e. The molecule has 0 aliphatic heterocycles. The molecule has 4 nitrogen and oxygen atoms in total. The summed E-state index contributed by atoms with van der Waals surface area (Å²) in [6.45, 7) is 2.72. The zero-order chi connectivity index (χ0) is 15.3. The fourth-order valence-electron chi connectivity index (χ4n) is 2.20. The van der Waals surface area contributed by atoms with E-state index in [0.717, 1.165) is 11.1 Å². The van der Waals surface area contributed by atoms with Crippen LogP contribution < -0.4 is 5.73 Å². The molecular formula is C16H20N2O2S. The van der Waals surface area contributed by atoms with Crippen molar-refractivity contribution in [2.45, 2.75) is 18.4 Å². The SMILES string of the molecule is Cc1ccccc1S(=O)(=O)N(CCN)Cc1ccccc1. The standard InChI is InChI=1S/C16H20N2O2S/c1-14-7-5-6-10-16(14)21(19,20)18(12-11-17)13-15-8-3-2-4-9-15/h2-10H,11-13,17H2,1H3. The highest BCUT2D eigenvalue weighted by Gasteiger charge is 2.25. The van der Waals surface area contributed by atoms with Crippen molar-refractivity contribution in [3.05, 3.63) is 65.7 Å². The van der Waals surface area contributed by atoms with Gasteiger partial charge in [0.1, 0.15) is 0 Å². The van der Waals surface area contributed by atoms with Crippen LogP contribution in [0.2, 0.25) is 0 Å². The van der Waals surface area contributed by atoms with Gasteiger partial charge in [-0.1, -0.05) is 48.5 Å². The second kappa shape index (κ2) is 6.85. The van der Waals surface area contributed by atoms with E-state index in [9.17, 15) is 8.42 Å². The van der Waals surface area contributed by atoms with E-state index in [1.165, 1.54) is 4.31 Å². The lowest BCUT2D eigenvalue weighted by molar-refractivity contribution is 0.413. The molecule has 0 saturated carbocycles. The van der Waals surface area contributed by atoms with Gasteiger partial charge in [-0.25, -0.2) is 8.42 Å². The minimum absolute atomic E-state index is 0.290. The summed E-state index contributed by atoms with van der Waals surface area (Å²) in [5.74, 6) is 0. The fraction of sp³-hybridized carbons (Fsp3) is 0.250. The van der Waals surface area contributed by atoms with Crippen molar-refractivity contribution in [1.82, 2.24) is 4.31 Å². The van der Waals surface area contributed by atoms with Gasteiger partial charge in [0.05, 0.1) is 4.90 Å². The zero-order valence-electron chi connectivity index (χ0n) is 12.1. The van der Waals surface area contributed by atoms with Crippen molar-refractivity contribution < 1.29 is 8.42 Å². The van der Waals surface area contributed by atoms with Gasteiger partial charge in [0.2, 0.25) is 10.0 Å². The lowest BCUT2D eigenvalue weighted by Crippen LogP contribution is -2.35. The number of hydrogen-bond acceptors (Lipinski definition) is 3. The van der Waals surface area contributed by atoms with Crippen molar-refractivity contribution in [3.8, 4) is 0 Å². The van der Waals surface area contributed by atoms with Crippen molar-refractivity contribution in [2.75, 3.05) is 13.1 Å². The summed E-state index contributed by atoms with van der Waals surface area (Å²) in [6.07, 6.45) is 0. The molecule has 0 bridgehead atoms. The summed E-state index contributed by atoms with van der Waals surface area (Å²) in [7, 11) is -3.54. The zero-order valence-corrected chi connectivity index (χ0v) is 12.9. The van der Waals surface area contributed by atoms with Gasteiger partial charge in [0.25, 0.3) is 0 Å². The minimum atomic E-state index is -3.54. The molecule has 0 radical (unpaired) electrons. The lowest BCUT2D eigenvalue weighted by Gasteiger charge is -2.22. The molecule has 0 aliphatic carbocycles. The molecule has 5 heteroatoms. The summed E-state index contributed by atoms with van der Waals surface area (Å²) in [4.78, 5) is 0.342. The molecule has 0 fully saturated rings. The van der Waals surface area contributed by atoms with Gasteiger partial charge in [-0.3, -0.25) is 0 Å². The molecule has 0 atom stereocenters. The maximum absolute atomic E-state index is 12.8. The predicted molar refractivity (Wildman–Crippen MR) is 84.3 cm³/mol. The molecule has 0 aromatic heterocycles. The monoisotopic (exact) mass is 304 g/mol. The maximum Gasteiger partial charge on any atom is 0.243 e. The highest BCUT2D eigenvalue weighted by Crippen LogP contribution is 2.21. The van der Waals surface area contributed by atoms with E-state index in [0.29, 0.717) is 18.0 Å². The summed E-state index contributed by atoms with van der Waals surface area (Å²) < 4.78 is 27.1. The van der Waals surface area contributed by atoms with Crippen LogP contribution in [-0.4, -0.2) is 25.8 Å². The van der Waals surface area contributed by atoms with Crippen LogP contribution in [0.5, 0.6) is 0 Å². The van der Waals surface area contributed by atoms with Crippen LogP contribution in [0.4, 0.5) is 0 Å². The van der Waals surface area contributed by atoms with Crippen LogP contribution in [0.25, 0.3) is 0 Å². The Morgan fingerprint density at radius 1 is 1.00 bits per heavy atom. The first-order valence-corrected chi connectivity index (χ1v) is 8.29. The predicted octanol–water partition coefficient (Wildman–Crippen LogP) is 2.14. The van der Waals surface area contributed by atoms with Crippen molar-refractivity contribution in [3.63, 3.8) is 0 Å². The van der Waals surface area contributed by atoms with Crippen LogP contribution >= 0.6 is 0 Å². The molecule has 2 aromatic carbocycles. The number of benzene rings is 2. The second-order valence-electron chi connectivity index (χ2n) is 4.88. The molecule has 0 aliphatic rings. The average Bonchev–Trinajstić information content (AvgIpc) is 2.48. The topological polar surface area (TPSA) is 63.4 Å². The number of rotatable bonds is 6. The Morgan fingerprint density at radius 2 is 1.62 bits per heavy atom. The van der Waals surface area contributed by atoms with Gasteiger partial charge < -0.3 is 5.73 Å². The van der Waals surface area contributed by atoms with Crippen LogP contribution in [-0.2, 0) is 16.6 Å². The van der Waals surface area contributed by atoms with Crippen LogP contribution in [0.3, 0.4) is 0 Å². The van der Waals surface area contributed by atoms with E-state index in [2.05, 4.69) is 0 Å². The molecule has 21 heavy (non-hydrogen) atoms. The first kappa shape index (κ1) is 15.7. The van der Waals surface area contributed by atoms with E-state index < -0.39 is 10.0 Å². The lowest BCUT2D eigenvalue weighted by atomic mass is 10.2. The largest absolute Gasteiger partial charge is 0.329 e. The van der Waals surface area contributed by atoms with Crippen molar-refractivity contribution in [1.29, 1.82) is 0 Å². The molecule has 0 heterocycles. The average molecular weight is 304 g/mol. The van der Waals surface area contributed by atoms with Crippen LogP contribution in [0, 0.1) is 6.92 Å². The number of sulfonamides is 1. The highest BCUT2D eigenvalue weighted by molar-refractivity contribution is 7.89. The Labute approximate surface area is 126 Å². The molecule has 0 spiro atoms. The Morgan fingerprint density at radius 3 is 2.24 bits per heavy atom. The summed E-state index contributed by atoms with van der Waals surface area (Å²) in [5, 5.41) is 0. The van der Waals surface area contributed by atoms with Gasteiger partial charge >= 0.3 is 0 Å². The molecule has 2 N–H and O–H groups in total. The molecule has 0 saturated heterocycles. The number of aryl methyl sites for hydroxylation is 1. The molecular weight excluding hydrogens is 284 g/mol. The molecule has 2 aromatic rings. The summed E-state index contributed by atoms with van der Waals surface area (Å²) >= 11 is 0. The molecule has 2 rings (SSSR count). The van der Waals surface area contributed by atoms with Gasteiger partial charge in [0, 0.05) is 19.6 Å². The third-order valence-electron chi connectivity index (χ3n) is 3.29. The van der Waals surface area contributed by atoms with Crippen LogP contribution in [0.15, 0.2) is 59.5 Å². The Kier molecular flexibility index (Phi) is 5.12. The number of nitrogens with two attached hydrogens (primary N) is 1. The quantitative estimate of drug-likeness (QED) is 0.889. The molecule has 112 valence electrons. The summed E-state index contributed by atoms with van der Waals surface area (Å²) in [6, 6.07) is 16.5. The second-order valence-corrected chi connectivity index (χ2v) is 6.78. The highest BCUT2D eigenvalue weighted by atomic mass is 32.2. The Balaban J connectivity index is 2.35. The smallest absolute Gasteiger partial charge is 0.243 e. The Hall–Kier alpha value is -1.69. The first-order valence-electron chi connectivity index (χ1n) is 6.85. The third kappa shape index (κ3) is 3.69. The molecule has 0 amide bonds. The van der Waals surface area contributed by atoms with E-state index in [4.69, 9.17) is 5.73 Å². The van der Waals surface area contributed by atoms with E-state index >= 15 is 0 Å². The normalized spacial score (nSPS) is 11.8. The van der Waals surface area contributed by atoms with Crippen molar-refractivity contribution >= 4 is 10.0 Å². The van der Waals surface area contributed by atoms with E-state index in [1.807, 2.05) is 36.4 Å². The van der Waals surface area contributed by atoms with E-state index in [-0.39, 0.29) is 6.54 Å². The van der Waals surface area contributed by atoms with Gasteiger partial charge in [-0.2, -0.15) is 4.31 Å². The third-order valence-corrected chi connectivity index (χ3v) is 5.30. The number of hydrogen-bond donors (Lipinski definition) is 1. The van der Waals surface area contributed by atoms with Crippen LogP contribution in [0.1, 0.15) is 11.1 Å².